The zero-order valence-corrected chi connectivity index (χ0v) is 16.7. The minimum atomic E-state index is 0.744. The first-order valence-electron chi connectivity index (χ1n) is 9.72. The van der Waals surface area contributed by atoms with Crippen LogP contribution in [-0.2, 0) is 17.8 Å². The number of hydrogen-bond acceptors (Lipinski definition) is 5. The summed E-state index contributed by atoms with van der Waals surface area (Å²) in [6.07, 6.45) is 5.65. The molecule has 1 fully saturated rings. The van der Waals surface area contributed by atoms with Crippen molar-refractivity contribution in [1.29, 1.82) is 0 Å². The molecular formula is C22H25ClN4O. The number of fused-ring (bicyclic) bond motifs is 1. The molecular weight excluding hydrogens is 372 g/mol. The SMILES string of the molecule is Clc1ccc2nccc(CN(CCN3CCOCC3)Cc3cccnc3)c2c1. The molecule has 0 radical (unpaired) electrons. The lowest BCUT2D eigenvalue weighted by atomic mass is 10.1. The lowest BCUT2D eigenvalue weighted by Crippen LogP contribution is -2.41. The molecule has 0 spiro atoms. The molecule has 1 aliphatic heterocycles. The van der Waals surface area contributed by atoms with Gasteiger partial charge in [-0.15, -0.1) is 0 Å². The standard InChI is InChI=1S/C22H25ClN4O/c23-20-3-4-22-21(14-20)19(5-7-25-22)17-27(16-18-2-1-6-24-15-18)9-8-26-10-12-28-13-11-26/h1-7,14-15H,8-13,16-17H2. The first-order chi connectivity index (χ1) is 13.8. The molecule has 0 N–H and O–H groups in total. The van der Waals surface area contributed by atoms with Crippen LogP contribution in [0.5, 0.6) is 0 Å². The predicted molar refractivity (Wildman–Crippen MR) is 112 cm³/mol. The Kier molecular flexibility index (Phi) is 6.49. The van der Waals surface area contributed by atoms with E-state index in [2.05, 4.69) is 31.9 Å². The van der Waals surface area contributed by atoms with Gasteiger partial charge in [0.25, 0.3) is 0 Å². The molecule has 3 aromatic rings. The van der Waals surface area contributed by atoms with E-state index in [0.29, 0.717) is 0 Å². The molecule has 0 aliphatic carbocycles. The number of nitrogens with zero attached hydrogens (tertiary/aromatic N) is 4. The molecule has 0 atom stereocenters. The van der Waals surface area contributed by atoms with Gasteiger partial charge < -0.3 is 4.74 Å². The van der Waals surface area contributed by atoms with Gasteiger partial charge in [0.1, 0.15) is 0 Å². The van der Waals surface area contributed by atoms with Crippen LogP contribution >= 0.6 is 11.6 Å². The van der Waals surface area contributed by atoms with Crippen LogP contribution < -0.4 is 0 Å². The largest absolute Gasteiger partial charge is 0.379 e. The highest BCUT2D eigenvalue weighted by atomic mass is 35.5. The second-order valence-corrected chi connectivity index (χ2v) is 7.59. The van der Waals surface area contributed by atoms with E-state index in [4.69, 9.17) is 16.3 Å². The van der Waals surface area contributed by atoms with Gasteiger partial charge in [0.2, 0.25) is 0 Å². The van der Waals surface area contributed by atoms with Gasteiger partial charge in [-0.2, -0.15) is 0 Å². The highest BCUT2D eigenvalue weighted by Crippen LogP contribution is 2.23. The number of hydrogen-bond donors (Lipinski definition) is 0. The fourth-order valence-electron chi connectivity index (χ4n) is 3.63. The first kappa shape index (κ1) is 19.3. The zero-order valence-electron chi connectivity index (χ0n) is 15.9. The van der Waals surface area contributed by atoms with E-state index in [1.54, 1.807) is 0 Å². The number of pyridine rings is 2. The molecule has 0 saturated carbocycles. The van der Waals surface area contributed by atoms with E-state index >= 15 is 0 Å². The van der Waals surface area contributed by atoms with E-state index < -0.39 is 0 Å². The predicted octanol–water partition coefficient (Wildman–Crippen LogP) is 3.62. The lowest BCUT2D eigenvalue weighted by Gasteiger charge is -2.30. The Labute approximate surface area is 170 Å². The van der Waals surface area contributed by atoms with Crippen LogP contribution in [0.15, 0.2) is 55.0 Å². The summed E-state index contributed by atoms with van der Waals surface area (Å²) in [6.45, 7) is 7.41. The second-order valence-electron chi connectivity index (χ2n) is 7.16. The van der Waals surface area contributed by atoms with Gasteiger partial charge in [0.05, 0.1) is 18.7 Å². The molecule has 28 heavy (non-hydrogen) atoms. The fourth-order valence-corrected chi connectivity index (χ4v) is 3.80. The molecule has 146 valence electrons. The Morgan fingerprint density at radius 1 is 1.07 bits per heavy atom. The van der Waals surface area contributed by atoms with Crippen molar-refractivity contribution in [3.05, 3.63) is 71.1 Å². The summed E-state index contributed by atoms with van der Waals surface area (Å²) in [5.74, 6) is 0. The molecule has 3 heterocycles. The summed E-state index contributed by atoms with van der Waals surface area (Å²) in [5.41, 5.74) is 3.45. The van der Waals surface area contributed by atoms with Gasteiger partial charge in [0, 0.05) is 68.3 Å². The van der Waals surface area contributed by atoms with Crippen molar-refractivity contribution in [3.63, 3.8) is 0 Å². The van der Waals surface area contributed by atoms with Crippen LogP contribution in [0.4, 0.5) is 0 Å². The van der Waals surface area contributed by atoms with Gasteiger partial charge in [-0.1, -0.05) is 17.7 Å². The molecule has 0 bridgehead atoms. The Balaban J connectivity index is 1.53. The van der Waals surface area contributed by atoms with Gasteiger partial charge in [0.15, 0.2) is 0 Å². The fraction of sp³-hybridized carbons (Fsp3) is 0.364. The third-order valence-corrected chi connectivity index (χ3v) is 5.39. The average molecular weight is 397 g/mol. The zero-order chi connectivity index (χ0) is 19.2. The van der Waals surface area contributed by atoms with Gasteiger partial charge >= 0.3 is 0 Å². The number of rotatable bonds is 7. The third-order valence-electron chi connectivity index (χ3n) is 5.15. The van der Waals surface area contributed by atoms with E-state index in [-0.39, 0.29) is 0 Å². The van der Waals surface area contributed by atoms with Gasteiger partial charge in [-0.3, -0.25) is 19.8 Å². The lowest BCUT2D eigenvalue weighted by molar-refractivity contribution is 0.0325. The minimum absolute atomic E-state index is 0.744. The number of aromatic nitrogens is 2. The van der Waals surface area contributed by atoms with E-state index in [9.17, 15) is 0 Å². The Morgan fingerprint density at radius 3 is 2.79 bits per heavy atom. The summed E-state index contributed by atoms with van der Waals surface area (Å²) in [7, 11) is 0. The van der Waals surface area contributed by atoms with E-state index in [1.807, 2.05) is 42.9 Å². The molecule has 1 saturated heterocycles. The smallest absolute Gasteiger partial charge is 0.0706 e. The maximum atomic E-state index is 6.25. The minimum Gasteiger partial charge on any atom is -0.379 e. The molecule has 0 unspecified atom stereocenters. The van der Waals surface area contributed by atoms with Crippen molar-refractivity contribution in [3.8, 4) is 0 Å². The Hall–Kier alpha value is -2.05. The van der Waals surface area contributed by atoms with Crippen molar-refractivity contribution >= 4 is 22.5 Å². The molecule has 1 aromatic carbocycles. The highest BCUT2D eigenvalue weighted by molar-refractivity contribution is 6.31. The summed E-state index contributed by atoms with van der Waals surface area (Å²) >= 11 is 6.25. The molecule has 2 aromatic heterocycles. The first-order valence-corrected chi connectivity index (χ1v) is 10.1. The second kappa shape index (κ2) is 9.43. The average Bonchev–Trinajstić information content (AvgIpc) is 2.74. The van der Waals surface area contributed by atoms with Crippen LogP contribution in [0, 0.1) is 0 Å². The molecule has 5 nitrogen and oxygen atoms in total. The van der Waals surface area contributed by atoms with Crippen LogP contribution in [0.2, 0.25) is 5.02 Å². The van der Waals surface area contributed by atoms with Crippen molar-refractivity contribution < 1.29 is 4.74 Å². The number of morpholine rings is 1. The maximum absolute atomic E-state index is 6.25. The Bertz CT molecular complexity index is 899. The normalized spacial score (nSPS) is 15.4. The van der Waals surface area contributed by atoms with Crippen molar-refractivity contribution in [2.45, 2.75) is 13.1 Å². The van der Waals surface area contributed by atoms with Gasteiger partial charge in [-0.05, 0) is 41.5 Å². The summed E-state index contributed by atoms with van der Waals surface area (Å²) in [4.78, 5) is 13.7. The topological polar surface area (TPSA) is 41.5 Å². The molecule has 6 heteroatoms. The maximum Gasteiger partial charge on any atom is 0.0706 e. The molecule has 4 rings (SSSR count). The number of halogens is 1. The van der Waals surface area contributed by atoms with Crippen molar-refractivity contribution in [2.75, 3.05) is 39.4 Å². The summed E-state index contributed by atoms with van der Waals surface area (Å²) < 4.78 is 5.47. The van der Waals surface area contributed by atoms with Crippen LogP contribution in [0.25, 0.3) is 10.9 Å². The number of benzene rings is 1. The van der Waals surface area contributed by atoms with Gasteiger partial charge in [-0.25, -0.2) is 0 Å². The monoisotopic (exact) mass is 396 g/mol. The van der Waals surface area contributed by atoms with Crippen molar-refractivity contribution in [2.24, 2.45) is 0 Å². The van der Waals surface area contributed by atoms with E-state index in [1.165, 1.54) is 11.1 Å². The molecule has 1 aliphatic rings. The summed E-state index contributed by atoms with van der Waals surface area (Å²) in [6, 6.07) is 12.1. The third kappa shape index (κ3) is 5.06. The summed E-state index contributed by atoms with van der Waals surface area (Å²) in [5, 5.41) is 1.87. The van der Waals surface area contributed by atoms with Crippen LogP contribution in [0.3, 0.4) is 0 Å². The van der Waals surface area contributed by atoms with Crippen LogP contribution in [-0.4, -0.2) is 59.2 Å². The quantitative estimate of drug-likeness (QED) is 0.610. The van der Waals surface area contributed by atoms with Crippen molar-refractivity contribution in [1.82, 2.24) is 19.8 Å². The van der Waals surface area contributed by atoms with E-state index in [0.717, 1.165) is 68.4 Å². The van der Waals surface area contributed by atoms with Crippen LogP contribution in [0.1, 0.15) is 11.1 Å². The Morgan fingerprint density at radius 2 is 1.96 bits per heavy atom. The molecule has 0 amide bonds. The number of ether oxygens (including phenoxy) is 1. The highest BCUT2D eigenvalue weighted by Gasteiger charge is 2.14.